The number of nitrogens with zero attached hydrogens (tertiary/aromatic N) is 2. The number of carbonyl (C=O) groups is 1. The van der Waals surface area contributed by atoms with Crippen LogP contribution in [0.1, 0.15) is 10.5 Å². The molecule has 0 amide bonds. The van der Waals surface area contributed by atoms with Crippen molar-refractivity contribution >= 4 is 16.7 Å². The number of benzene rings is 1. The monoisotopic (exact) mass is 250 g/mol. The maximum absolute atomic E-state index is 11.0. The highest BCUT2D eigenvalue weighted by molar-refractivity contribution is 5.95. The van der Waals surface area contributed by atoms with Crippen molar-refractivity contribution in [2.45, 2.75) is 0 Å². The summed E-state index contributed by atoms with van der Waals surface area (Å²) in [4.78, 5) is 19.2. The van der Waals surface area contributed by atoms with E-state index in [0.717, 1.165) is 16.3 Å². The van der Waals surface area contributed by atoms with Crippen LogP contribution in [0.4, 0.5) is 0 Å². The maximum atomic E-state index is 11.0. The molecule has 92 valence electrons. The van der Waals surface area contributed by atoms with Crippen molar-refractivity contribution in [1.29, 1.82) is 0 Å². The number of fused-ring (bicyclic) bond motifs is 1. The van der Waals surface area contributed by atoms with Crippen molar-refractivity contribution in [3.05, 3.63) is 60.6 Å². The molecule has 1 N–H and O–H groups in total. The van der Waals surface area contributed by atoms with Crippen LogP contribution in [0.15, 0.2) is 54.9 Å². The zero-order valence-corrected chi connectivity index (χ0v) is 9.95. The van der Waals surface area contributed by atoms with Gasteiger partial charge in [-0.2, -0.15) is 0 Å². The summed E-state index contributed by atoms with van der Waals surface area (Å²) in [5.41, 5.74) is 1.60. The highest BCUT2D eigenvalue weighted by Crippen LogP contribution is 2.26. The van der Waals surface area contributed by atoms with Gasteiger partial charge in [-0.05, 0) is 23.6 Å². The van der Waals surface area contributed by atoms with Crippen LogP contribution < -0.4 is 0 Å². The number of aromatic carboxylic acids is 1. The van der Waals surface area contributed by atoms with E-state index in [-0.39, 0.29) is 5.69 Å². The normalized spacial score (nSPS) is 10.5. The van der Waals surface area contributed by atoms with Crippen molar-refractivity contribution < 1.29 is 9.90 Å². The summed E-state index contributed by atoms with van der Waals surface area (Å²) < 4.78 is 0. The summed E-state index contributed by atoms with van der Waals surface area (Å²) in [7, 11) is 0. The van der Waals surface area contributed by atoms with Crippen molar-refractivity contribution in [3.63, 3.8) is 0 Å². The number of hydrogen-bond acceptors (Lipinski definition) is 3. The molecule has 2 aromatic heterocycles. The van der Waals surface area contributed by atoms with E-state index in [9.17, 15) is 4.79 Å². The first-order valence-corrected chi connectivity index (χ1v) is 5.79. The lowest BCUT2D eigenvalue weighted by molar-refractivity contribution is 0.0690. The molecular formula is C15H10N2O2. The van der Waals surface area contributed by atoms with Gasteiger partial charge in [-0.1, -0.05) is 24.3 Å². The molecule has 0 unspecified atom stereocenters. The summed E-state index contributed by atoms with van der Waals surface area (Å²) >= 11 is 0. The Labute approximate surface area is 109 Å². The van der Waals surface area contributed by atoms with E-state index in [0.29, 0.717) is 5.69 Å². The van der Waals surface area contributed by atoms with Gasteiger partial charge in [0.1, 0.15) is 5.69 Å². The molecule has 19 heavy (non-hydrogen) atoms. The van der Waals surface area contributed by atoms with E-state index in [2.05, 4.69) is 9.97 Å². The molecule has 0 bridgehead atoms. The molecule has 0 spiro atoms. The summed E-state index contributed by atoms with van der Waals surface area (Å²) in [6.07, 6.45) is 3.49. The van der Waals surface area contributed by atoms with Gasteiger partial charge in [-0.3, -0.25) is 4.98 Å². The predicted octanol–water partition coefficient (Wildman–Crippen LogP) is 3.00. The molecule has 4 nitrogen and oxygen atoms in total. The summed E-state index contributed by atoms with van der Waals surface area (Å²) in [5.74, 6) is -1.02. The number of aromatic nitrogens is 2. The topological polar surface area (TPSA) is 63.1 Å². The number of hydrogen-bond donors (Lipinski definition) is 1. The fourth-order valence-electron chi connectivity index (χ4n) is 2.05. The molecule has 1 aromatic carbocycles. The van der Waals surface area contributed by atoms with Gasteiger partial charge in [0.15, 0.2) is 0 Å². The molecule has 0 saturated carbocycles. The zero-order valence-electron chi connectivity index (χ0n) is 9.95. The predicted molar refractivity (Wildman–Crippen MR) is 71.9 cm³/mol. The van der Waals surface area contributed by atoms with Crippen LogP contribution in [0.25, 0.3) is 22.0 Å². The minimum Gasteiger partial charge on any atom is -0.477 e. The van der Waals surface area contributed by atoms with Crippen LogP contribution in [-0.2, 0) is 0 Å². The van der Waals surface area contributed by atoms with Gasteiger partial charge in [0, 0.05) is 23.3 Å². The van der Waals surface area contributed by atoms with E-state index >= 15 is 0 Å². The van der Waals surface area contributed by atoms with E-state index in [4.69, 9.17) is 5.11 Å². The first-order chi connectivity index (χ1) is 9.25. The second-order valence-electron chi connectivity index (χ2n) is 4.12. The van der Waals surface area contributed by atoms with E-state index in [1.54, 1.807) is 18.5 Å². The van der Waals surface area contributed by atoms with Gasteiger partial charge in [-0.15, -0.1) is 0 Å². The third kappa shape index (κ3) is 2.04. The van der Waals surface area contributed by atoms with E-state index in [1.807, 2.05) is 30.3 Å². The van der Waals surface area contributed by atoms with Gasteiger partial charge >= 0.3 is 5.97 Å². The van der Waals surface area contributed by atoms with Crippen LogP contribution >= 0.6 is 0 Å². The lowest BCUT2D eigenvalue weighted by Crippen LogP contribution is -2.00. The summed E-state index contributed by atoms with van der Waals surface area (Å²) in [6.45, 7) is 0. The van der Waals surface area contributed by atoms with E-state index < -0.39 is 5.97 Å². The molecule has 0 aliphatic heterocycles. The fourth-order valence-corrected chi connectivity index (χ4v) is 2.05. The van der Waals surface area contributed by atoms with E-state index in [1.165, 1.54) is 6.07 Å². The summed E-state index contributed by atoms with van der Waals surface area (Å²) in [5, 5.41) is 11.0. The van der Waals surface area contributed by atoms with Gasteiger partial charge < -0.3 is 5.11 Å². The molecular weight excluding hydrogens is 240 g/mol. The van der Waals surface area contributed by atoms with Gasteiger partial charge in [-0.25, -0.2) is 9.78 Å². The van der Waals surface area contributed by atoms with Gasteiger partial charge in [0.25, 0.3) is 0 Å². The number of carboxylic acids is 1. The number of carboxylic acid groups (broad SMARTS) is 1. The molecule has 3 aromatic rings. The van der Waals surface area contributed by atoms with Crippen LogP contribution in [0.5, 0.6) is 0 Å². The van der Waals surface area contributed by atoms with Crippen molar-refractivity contribution in [1.82, 2.24) is 9.97 Å². The Kier molecular flexibility index (Phi) is 2.68. The maximum Gasteiger partial charge on any atom is 0.354 e. The fraction of sp³-hybridized carbons (Fsp3) is 0. The largest absolute Gasteiger partial charge is 0.477 e. The Balaban J connectivity index is 2.24. The first-order valence-electron chi connectivity index (χ1n) is 5.79. The van der Waals surface area contributed by atoms with Crippen LogP contribution in [-0.4, -0.2) is 21.0 Å². The average molecular weight is 250 g/mol. The van der Waals surface area contributed by atoms with Crippen molar-refractivity contribution in [2.75, 3.05) is 0 Å². The zero-order chi connectivity index (χ0) is 13.2. The SMILES string of the molecule is O=C(O)c1cccc(-c2cccc3cnccc23)n1. The van der Waals surface area contributed by atoms with Crippen LogP contribution in [0, 0.1) is 0 Å². The van der Waals surface area contributed by atoms with Gasteiger partial charge in [0.05, 0.1) is 5.69 Å². The smallest absolute Gasteiger partial charge is 0.354 e. The Morgan fingerprint density at radius 2 is 1.89 bits per heavy atom. The molecule has 4 heteroatoms. The van der Waals surface area contributed by atoms with Crippen molar-refractivity contribution in [3.8, 4) is 11.3 Å². The molecule has 0 aliphatic carbocycles. The first kappa shape index (κ1) is 11.3. The number of pyridine rings is 2. The Morgan fingerprint density at radius 1 is 1.05 bits per heavy atom. The third-order valence-corrected chi connectivity index (χ3v) is 2.92. The highest BCUT2D eigenvalue weighted by atomic mass is 16.4. The Hall–Kier alpha value is -2.75. The van der Waals surface area contributed by atoms with Gasteiger partial charge in [0.2, 0.25) is 0 Å². The van der Waals surface area contributed by atoms with Crippen LogP contribution in [0.2, 0.25) is 0 Å². The molecule has 2 heterocycles. The molecule has 0 aliphatic rings. The van der Waals surface area contributed by atoms with Crippen LogP contribution in [0.3, 0.4) is 0 Å². The summed E-state index contributed by atoms with van der Waals surface area (Å²) in [6, 6.07) is 12.7. The second kappa shape index (κ2) is 4.49. The Morgan fingerprint density at radius 3 is 2.74 bits per heavy atom. The standard InChI is InChI=1S/C15H10N2O2/c18-15(19)14-6-2-5-13(17-14)12-4-1-3-10-9-16-8-7-11(10)12/h1-9H,(H,18,19). The minimum absolute atomic E-state index is 0.0450. The lowest BCUT2D eigenvalue weighted by Gasteiger charge is -2.06. The molecule has 0 radical (unpaired) electrons. The average Bonchev–Trinajstić information content (AvgIpc) is 2.47. The highest BCUT2D eigenvalue weighted by Gasteiger charge is 2.08. The molecule has 0 saturated heterocycles. The second-order valence-corrected chi connectivity index (χ2v) is 4.12. The van der Waals surface area contributed by atoms with Crippen molar-refractivity contribution in [2.24, 2.45) is 0 Å². The minimum atomic E-state index is -1.02. The Bertz CT molecular complexity index is 763. The quantitative estimate of drug-likeness (QED) is 0.759. The third-order valence-electron chi connectivity index (χ3n) is 2.92. The lowest BCUT2D eigenvalue weighted by atomic mass is 10.0. The molecule has 0 atom stereocenters. The molecule has 0 fully saturated rings. The number of rotatable bonds is 2. The molecule has 3 rings (SSSR count).